The Labute approximate surface area is 108 Å². The van der Waals surface area contributed by atoms with E-state index in [1.54, 1.807) is 0 Å². The van der Waals surface area contributed by atoms with Crippen molar-refractivity contribution in [2.24, 2.45) is 0 Å². The number of rotatable bonds is 2. The molecule has 0 aliphatic carbocycles. The summed E-state index contributed by atoms with van der Waals surface area (Å²) < 4.78 is 5.86. The van der Waals surface area contributed by atoms with E-state index in [1.807, 2.05) is 7.05 Å². The van der Waals surface area contributed by atoms with Crippen molar-refractivity contribution >= 4 is 5.69 Å². The highest BCUT2D eigenvalue weighted by Gasteiger charge is 2.15. The summed E-state index contributed by atoms with van der Waals surface area (Å²) in [5.74, 6) is 1.07. The smallest absolute Gasteiger partial charge is 0.130 e. The fourth-order valence-corrected chi connectivity index (χ4v) is 2.46. The van der Waals surface area contributed by atoms with Crippen molar-refractivity contribution in [1.29, 1.82) is 0 Å². The molecule has 0 radical (unpaired) electrons. The Hall–Kier alpha value is -1.96. The molecule has 0 saturated heterocycles. The fraction of sp³-hybridized carbons (Fsp3) is 0.250. The summed E-state index contributed by atoms with van der Waals surface area (Å²) in [7, 11) is 1.94. The normalized spacial score (nSPS) is 13.6. The van der Waals surface area contributed by atoms with Gasteiger partial charge in [0.25, 0.3) is 0 Å². The highest BCUT2D eigenvalue weighted by Crippen LogP contribution is 2.36. The molecule has 0 saturated carbocycles. The second-order valence-electron chi connectivity index (χ2n) is 4.58. The number of para-hydroxylation sites is 1. The van der Waals surface area contributed by atoms with Crippen LogP contribution in [0.1, 0.15) is 12.0 Å². The van der Waals surface area contributed by atoms with E-state index in [-0.39, 0.29) is 0 Å². The molecule has 1 aliphatic rings. The molecule has 1 heterocycles. The zero-order valence-electron chi connectivity index (χ0n) is 10.6. The van der Waals surface area contributed by atoms with E-state index >= 15 is 0 Å². The predicted molar refractivity (Wildman–Crippen MR) is 75.2 cm³/mol. The minimum absolute atomic E-state index is 0.829. The van der Waals surface area contributed by atoms with Gasteiger partial charge < -0.3 is 10.1 Å². The van der Waals surface area contributed by atoms with Crippen molar-refractivity contribution in [3.05, 3.63) is 48.0 Å². The molecule has 2 nitrogen and oxygen atoms in total. The van der Waals surface area contributed by atoms with Crippen LogP contribution >= 0.6 is 0 Å². The maximum absolute atomic E-state index is 5.86. The van der Waals surface area contributed by atoms with Gasteiger partial charge in [0.15, 0.2) is 0 Å². The van der Waals surface area contributed by atoms with Crippen molar-refractivity contribution in [2.45, 2.75) is 12.8 Å². The maximum Gasteiger partial charge on any atom is 0.130 e. The van der Waals surface area contributed by atoms with Crippen LogP contribution in [0, 0.1) is 0 Å². The van der Waals surface area contributed by atoms with E-state index in [4.69, 9.17) is 4.74 Å². The van der Waals surface area contributed by atoms with Crippen LogP contribution in [0.2, 0.25) is 0 Å². The molecule has 2 aromatic carbocycles. The Balaban J connectivity index is 2.10. The minimum atomic E-state index is 0.829. The zero-order chi connectivity index (χ0) is 12.4. The topological polar surface area (TPSA) is 21.3 Å². The van der Waals surface area contributed by atoms with Gasteiger partial charge in [-0.05, 0) is 36.1 Å². The number of fused-ring (bicyclic) bond motifs is 1. The molecule has 0 amide bonds. The molecular formula is C16H17NO. The van der Waals surface area contributed by atoms with Gasteiger partial charge in [-0.15, -0.1) is 0 Å². The Morgan fingerprint density at radius 2 is 2.00 bits per heavy atom. The number of ether oxygens (including phenoxy) is 1. The van der Waals surface area contributed by atoms with Crippen LogP contribution in [0.4, 0.5) is 5.69 Å². The van der Waals surface area contributed by atoms with E-state index in [2.05, 4.69) is 47.8 Å². The summed E-state index contributed by atoms with van der Waals surface area (Å²) in [6.45, 7) is 0.829. The first-order valence-electron chi connectivity index (χ1n) is 6.41. The number of benzene rings is 2. The van der Waals surface area contributed by atoms with Gasteiger partial charge >= 0.3 is 0 Å². The summed E-state index contributed by atoms with van der Waals surface area (Å²) in [5, 5.41) is 3.18. The van der Waals surface area contributed by atoms with E-state index < -0.39 is 0 Å². The number of aryl methyl sites for hydroxylation is 1. The van der Waals surface area contributed by atoms with Crippen molar-refractivity contribution in [3.8, 4) is 16.9 Å². The molecule has 3 rings (SSSR count). The molecule has 1 aliphatic heterocycles. The van der Waals surface area contributed by atoms with Crippen molar-refractivity contribution in [1.82, 2.24) is 0 Å². The molecule has 0 bridgehead atoms. The molecule has 2 heteroatoms. The van der Waals surface area contributed by atoms with Gasteiger partial charge in [-0.25, -0.2) is 0 Å². The average Bonchev–Trinajstić information content (AvgIpc) is 2.47. The molecule has 18 heavy (non-hydrogen) atoms. The molecule has 0 unspecified atom stereocenters. The van der Waals surface area contributed by atoms with Crippen molar-refractivity contribution < 1.29 is 4.74 Å². The number of nitrogens with one attached hydrogen (secondary N) is 1. The van der Waals surface area contributed by atoms with Crippen LogP contribution in [-0.4, -0.2) is 13.7 Å². The minimum Gasteiger partial charge on any atom is -0.493 e. The second-order valence-corrected chi connectivity index (χ2v) is 4.58. The Morgan fingerprint density at radius 3 is 2.89 bits per heavy atom. The summed E-state index contributed by atoms with van der Waals surface area (Å²) in [5.41, 5.74) is 4.86. The molecule has 0 spiro atoms. The van der Waals surface area contributed by atoms with E-state index in [0.717, 1.165) is 30.9 Å². The van der Waals surface area contributed by atoms with Crippen LogP contribution in [0.5, 0.6) is 5.75 Å². The summed E-state index contributed by atoms with van der Waals surface area (Å²) in [4.78, 5) is 0. The third kappa shape index (κ3) is 1.94. The van der Waals surface area contributed by atoms with Crippen LogP contribution in [-0.2, 0) is 6.42 Å². The Morgan fingerprint density at radius 1 is 1.11 bits per heavy atom. The predicted octanol–water partition coefficient (Wildman–Crippen LogP) is 3.72. The third-order valence-electron chi connectivity index (χ3n) is 3.40. The first-order chi connectivity index (χ1) is 8.88. The lowest BCUT2D eigenvalue weighted by Crippen LogP contribution is -2.09. The summed E-state index contributed by atoms with van der Waals surface area (Å²) in [6, 6.07) is 14.9. The van der Waals surface area contributed by atoms with Crippen LogP contribution < -0.4 is 10.1 Å². The van der Waals surface area contributed by atoms with Gasteiger partial charge in [-0.1, -0.05) is 30.3 Å². The highest BCUT2D eigenvalue weighted by molar-refractivity contribution is 5.75. The molecular weight excluding hydrogens is 222 g/mol. The summed E-state index contributed by atoms with van der Waals surface area (Å²) >= 11 is 0. The van der Waals surface area contributed by atoms with Crippen LogP contribution in [0.15, 0.2) is 42.5 Å². The quantitative estimate of drug-likeness (QED) is 0.862. The van der Waals surface area contributed by atoms with Gasteiger partial charge in [-0.3, -0.25) is 0 Å². The Bertz CT molecular complexity index is 563. The van der Waals surface area contributed by atoms with Crippen molar-refractivity contribution in [3.63, 3.8) is 0 Å². The van der Waals surface area contributed by atoms with E-state index in [0.29, 0.717) is 0 Å². The van der Waals surface area contributed by atoms with E-state index in [9.17, 15) is 0 Å². The van der Waals surface area contributed by atoms with Crippen LogP contribution in [0.3, 0.4) is 0 Å². The molecule has 2 aromatic rings. The monoisotopic (exact) mass is 239 g/mol. The lowest BCUT2D eigenvalue weighted by atomic mass is 9.97. The molecule has 0 fully saturated rings. The first-order valence-corrected chi connectivity index (χ1v) is 6.41. The lowest BCUT2D eigenvalue weighted by Gasteiger charge is -2.20. The average molecular weight is 239 g/mol. The summed E-state index contributed by atoms with van der Waals surface area (Å²) in [6.07, 6.45) is 2.24. The molecule has 92 valence electrons. The van der Waals surface area contributed by atoms with E-state index in [1.165, 1.54) is 16.7 Å². The van der Waals surface area contributed by atoms with Gasteiger partial charge in [0.2, 0.25) is 0 Å². The third-order valence-corrected chi connectivity index (χ3v) is 3.40. The second kappa shape index (κ2) is 4.73. The van der Waals surface area contributed by atoms with Gasteiger partial charge in [-0.2, -0.15) is 0 Å². The van der Waals surface area contributed by atoms with Gasteiger partial charge in [0.1, 0.15) is 5.75 Å². The zero-order valence-corrected chi connectivity index (χ0v) is 10.6. The van der Waals surface area contributed by atoms with Crippen LogP contribution in [0.25, 0.3) is 11.1 Å². The molecule has 0 aromatic heterocycles. The number of hydrogen-bond acceptors (Lipinski definition) is 2. The van der Waals surface area contributed by atoms with Crippen molar-refractivity contribution in [2.75, 3.05) is 19.0 Å². The molecule has 1 N–H and O–H groups in total. The highest BCUT2D eigenvalue weighted by atomic mass is 16.5. The largest absolute Gasteiger partial charge is 0.493 e. The first kappa shape index (κ1) is 11.1. The number of hydrogen-bond donors (Lipinski definition) is 1. The standard InChI is InChI=1S/C16H17NO/c1-17-14-8-2-6-13(11-14)15-9-3-5-12-7-4-10-18-16(12)15/h2-3,5-6,8-9,11,17H,4,7,10H2,1H3. The van der Waals surface area contributed by atoms with Gasteiger partial charge in [0, 0.05) is 18.3 Å². The SMILES string of the molecule is CNc1cccc(-c2cccc3c2OCCC3)c1. The fourth-order valence-electron chi connectivity index (χ4n) is 2.46. The Kier molecular flexibility index (Phi) is 2.93. The lowest BCUT2D eigenvalue weighted by molar-refractivity contribution is 0.289. The molecule has 0 atom stereocenters. The maximum atomic E-state index is 5.86. The number of anilines is 1. The van der Waals surface area contributed by atoms with Gasteiger partial charge in [0.05, 0.1) is 6.61 Å².